The van der Waals surface area contributed by atoms with Gasteiger partial charge in [-0.2, -0.15) is 9.97 Å². The molecule has 0 aliphatic carbocycles. The van der Waals surface area contributed by atoms with Gasteiger partial charge in [-0.25, -0.2) is 4.98 Å². The van der Waals surface area contributed by atoms with Gasteiger partial charge in [0.15, 0.2) is 17.0 Å². The molecule has 194 valence electrons. The third-order valence-electron chi connectivity index (χ3n) is 6.17. The van der Waals surface area contributed by atoms with E-state index in [2.05, 4.69) is 33.8 Å². The van der Waals surface area contributed by atoms with Gasteiger partial charge in [0.25, 0.3) is 0 Å². The SMILES string of the molecule is C=CC(=O)Nc1nc(Nc2ccc(OCCOC)c(C)c2)nc2c1ncn2C1CCN(C(=O)C=C)CC1. The molecule has 0 unspecified atom stereocenters. The Morgan fingerprint density at radius 1 is 1.16 bits per heavy atom. The number of imidazole rings is 1. The number of aromatic nitrogens is 4. The number of rotatable bonds is 10. The van der Waals surface area contributed by atoms with E-state index in [1.807, 2.05) is 29.7 Å². The summed E-state index contributed by atoms with van der Waals surface area (Å²) in [5, 5.41) is 5.96. The minimum absolute atomic E-state index is 0.0671. The van der Waals surface area contributed by atoms with Gasteiger partial charge in [0.2, 0.25) is 17.8 Å². The molecule has 1 saturated heterocycles. The first-order valence-corrected chi connectivity index (χ1v) is 12.0. The van der Waals surface area contributed by atoms with E-state index in [4.69, 9.17) is 14.5 Å². The Labute approximate surface area is 215 Å². The first kappa shape index (κ1) is 25.8. The third kappa shape index (κ3) is 5.95. The molecule has 11 nitrogen and oxygen atoms in total. The van der Waals surface area contributed by atoms with Crippen molar-refractivity contribution in [3.63, 3.8) is 0 Å². The minimum Gasteiger partial charge on any atom is -0.491 e. The van der Waals surface area contributed by atoms with Gasteiger partial charge in [0.1, 0.15) is 12.4 Å². The van der Waals surface area contributed by atoms with E-state index in [1.54, 1.807) is 18.3 Å². The summed E-state index contributed by atoms with van der Waals surface area (Å²) in [4.78, 5) is 39.6. The van der Waals surface area contributed by atoms with Crippen LogP contribution >= 0.6 is 0 Å². The lowest BCUT2D eigenvalue weighted by molar-refractivity contribution is -0.127. The van der Waals surface area contributed by atoms with Crippen molar-refractivity contribution in [1.82, 2.24) is 24.4 Å². The number of methoxy groups -OCH3 is 1. The number of amides is 2. The Balaban J connectivity index is 1.62. The Morgan fingerprint density at radius 2 is 1.95 bits per heavy atom. The molecule has 0 atom stereocenters. The standard InChI is InChI=1S/C26H31N7O4/c1-5-21(34)29-24-23-25(33(16-27-23)19-9-11-32(12-10-19)22(35)6-2)31-26(30-24)28-18-7-8-20(17(3)15-18)37-14-13-36-4/h5-8,15-16,19H,1-2,9-14H2,3-4H3,(H2,28,29,30,31,34). The minimum atomic E-state index is -0.398. The van der Waals surface area contributed by atoms with Gasteiger partial charge in [0, 0.05) is 31.9 Å². The van der Waals surface area contributed by atoms with Crippen LogP contribution < -0.4 is 15.4 Å². The fraction of sp³-hybridized carbons (Fsp3) is 0.346. The molecule has 3 aromatic rings. The van der Waals surface area contributed by atoms with Crippen LogP contribution in [0.5, 0.6) is 5.75 Å². The Morgan fingerprint density at radius 3 is 2.62 bits per heavy atom. The number of nitrogens with zero attached hydrogens (tertiary/aromatic N) is 5. The zero-order valence-electron chi connectivity index (χ0n) is 21.1. The largest absolute Gasteiger partial charge is 0.491 e. The van der Waals surface area contributed by atoms with E-state index in [0.717, 1.165) is 29.8 Å². The topological polar surface area (TPSA) is 124 Å². The van der Waals surface area contributed by atoms with Crippen LogP contribution in [0.4, 0.5) is 17.5 Å². The number of piperidine rings is 1. The number of likely N-dealkylation sites (tertiary alicyclic amines) is 1. The van der Waals surface area contributed by atoms with E-state index in [1.165, 1.54) is 12.2 Å². The number of anilines is 3. The lowest BCUT2D eigenvalue weighted by atomic mass is 10.0. The number of nitrogens with one attached hydrogen (secondary N) is 2. The zero-order valence-corrected chi connectivity index (χ0v) is 21.1. The highest BCUT2D eigenvalue weighted by molar-refractivity contribution is 6.02. The quantitative estimate of drug-likeness (QED) is 0.318. The number of fused-ring (bicyclic) bond motifs is 1. The fourth-order valence-corrected chi connectivity index (χ4v) is 4.24. The molecule has 2 aromatic heterocycles. The monoisotopic (exact) mass is 505 g/mol. The molecule has 1 aromatic carbocycles. The maximum atomic E-state index is 12.1. The molecule has 1 aliphatic rings. The third-order valence-corrected chi connectivity index (χ3v) is 6.17. The smallest absolute Gasteiger partial charge is 0.248 e. The number of hydrogen-bond acceptors (Lipinski definition) is 8. The Kier molecular flexibility index (Phi) is 8.14. The van der Waals surface area contributed by atoms with Gasteiger partial charge in [-0.3, -0.25) is 9.59 Å². The highest BCUT2D eigenvalue weighted by Crippen LogP contribution is 2.30. The van der Waals surface area contributed by atoms with Crippen LogP contribution in [0, 0.1) is 6.92 Å². The summed E-state index contributed by atoms with van der Waals surface area (Å²) in [7, 11) is 1.63. The van der Waals surface area contributed by atoms with Gasteiger partial charge in [-0.15, -0.1) is 0 Å². The molecule has 11 heteroatoms. The van der Waals surface area contributed by atoms with E-state index in [9.17, 15) is 9.59 Å². The molecular weight excluding hydrogens is 474 g/mol. The molecule has 2 N–H and O–H groups in total. The summed E-state index contributed by atoms with van der Waals surface area (Å²) in [6.45, 7) is 11.2. The van der Waals surface area contributed by atoms with Crippen molar-refractivity contribution >= 4 is 40.4 Å². The van der Waals surface area contributed by atoms with Crippen molar-refractivity contribution in [3.05, 3.63) is 55.4 Å². The lowest BCUT2D eigenvalue weighted by Gasteiger charge is -2.32. The molecule has 2 amide bonds. The molecule has 37 heavy (non-hydrogen) atoms. The van der Waals surface area contributed by atoms with E-state index in [0.29, 0.717) is 43.4 Å². The van der Waals surface area contributed by atoms with Gasteiger partial charge in [-0.05, 0) is 55.7 Å². The van der Waals surface area contributed by atoms with Crippen molar-refractivity contribution in [3.8, 4) is 5.75 Å². The summed E-state index contributed by atoms with van der Waals surface area (Å²) < 4.78 is 12.8. The molecular formula is C26H31N7O4. The first-order valence-electron chi connectivity index (χ1n) is 12.0. The molecule has 4 rings (SSSR count). The van der Waals surface area contributed by atoms with Gasteiger partial charge in [0.05, 0.1) is 12.9 Å². The number of aryl methyl sites for hydroxylation is 1. The molecule has 1 aliphatic heterocycles. The van der Waals surface area contributed by atoms with Gasteiger partial charge >= 0.3 is 0 Å². The number of carbonyl (C=O) groups excluding carboxylic acids is 2. The lowest BCUT2D eigenvalue weighted by Crippen LogP contribution is -2.38. The molecule has 0 bridgehead atoms. The number of hydrogen-bond donors (Lipinski definition) is 2. The summed E-state index contributed by atoms with van der Waals surface area (Å²) in [5.74, 6) is 0.886. The van der Waals surface area contributed by atoms with Crippen LogP contribution in [0.25, 0.3) is 11.2 Å². The second kappa shape index (κ2) is 11.7. The highest BCUT2D eigenvalue weighted by Gasteiger charge is 2.25. The van der Waals surface area contributed by atoms with Crippen LogP contribution in [0.2, 0.25) is 0 Å². The van der Waals surface area contributed by atoms with Crippen LogP contribution in [0.3, 0.4) is 0 Å². The molecule has 0 spiro atoms. The summed E-state index contributed by atoms with van der Waals surface area (Å²) in [6, 6.07) is 5.76. The van der Waals surface area contributed by atoms with E-state index < -0.39 is 5.91 Å². The second-order valence-corrected chi connectivity index (χ2v) is 8.62. The summed E-state index contributed by atoms with van der Waals surface area (Å²) in [5.41, 5.74) is 2.76. The predicted octanol–water partition coefficient (Wildman–Crippen LogP) is 3.38. The molecule has 0 saturated carbocycles. The van der Waals surface area contributed by atoms with E-state index >= 15 is 0 Å². The average Bonchev–Trinajstić information content (AvgIpc) is 3.34. The fourth-order valence-electron chi connectivity index (χ4n) is 4.24. The zero-order chi connectivity index (χ0) is 26.4. The van der Waals surface area contributed by atoms with Crippen LogP contribution in [-0.2, 0) is 14.3 Å². The molecule has 1 fully saturated rings. The number of benzene rings is 1. The highest BCUT2D eigenvalue weighted by atomic mass is 16.5. The predicted molar refractivity (Wildman–Crippen MR) is 141 cm³/mol. The van der Waals surface area contributed by atoms with Crippen LogP contribution in [0.15, 0.2) is 49.8 Å². The summed E-state index contributed by atoms with van der Waals surface area (Å²) in [6.07, 6.45) is 5.72. The van der Waals surface area contributed by atoms with Gasteiger partial charge < -0.3 is 29.6 Å². The van der Waals surface area contributed by atoms with Crippen molar-refractivity contribution < 1.29 is 19.1 Å². The van der Waals surface area contributed by atoms with Crippen molar-refractivity contribution in [2.24, 2.45) is 0 Å². The number of ether oxygens (including phenoxy) is 2. The first-order chi connectivity index (χ1) is 17.9. The van der Waals surface area contributed by atoms with E-state index in [-0.39, 0.29) is 17.8 Å². The second-order valence-electron chi connectivity index (χ2n) is 8.62. The van der Waals surface area contributed by atoms with Crippen molar-refractivity contribution in [2.75, 3.05) is 44.0 Å². The maximum absolute atomic E-state index is 12.1. The van der Waals surface area contributed by atoms with Crippen molar-refractivity contribution in [2.45, 2.75) is 25.8 Å². The van der Waals surface area contributed by atoms with Crippen LogP contribution in [-0.4, -0.2) is 69.6 Å². The Bertz CT molecular complexity index is 1310. The molecule has 0 radical (unpaired) electrons. The van der Waals surface area contributed by atoms with Gasteiger partial charge in [-0.1, -0.05) is 13.2 Å². The average molecular weight is 506 g/mol. The summed E-state index contributed by atoms with van der Waals surface area (Å²) >= 11 is 0. The normalized spacial score (nSPS) is 13.8. The number of carbonyl (C=O) groups is 2. The molecule has 3 heterocycles. The Hall–Kier alpha value is -4.25. The maximum Gasteiger partial charge on any atom is 0.248 e. The van der Waals surface area contributed by atoms with Crippen molar-refractivity contribution in [1.29, 1.82) is 0 Å². The van der Waals surface area contributed by atoms with Crippen LogP contribution in [0.1, 0.15) is 24.4 Å².